The van der Waals surface area contributed by atoms with E-state index >= 15 is 4.79 Å². The summed E-state index contributed by atoms with van der Waals surface area (Å²) in [7, 11) is 0. The van der Waals surface area contributed by atoms with Crippen LogP contribution in [-0.2, 0) is 44.6 Å². The van der Waals surface area contributed by atoms with Gasteiger partial charge in [-0.25, -0.2) is 9.78 Å². The number of ether oxygens (including phenoxy) is 2. The van der Waals surface area contributed by atoms with Crippen LogP contribution in [-0.4, -0.2) is 74.7 Å². The van der Waals surface area contributed by atoms with Crippen molar-refractivity contribution in [3.63, 3.8) is 0 Å². The highest BCUT2D eigenvalue weighted by atomic mass is 32.2. The monoisotopic (exact) mass is 1080 g/mol. The van der Waals surface area contributed by atoms with Crippen molar-refractivity contribution in [1.29, 1.82) is 0 Å². The summed E-state index contributed by atoms with van der Waals surface area (Å²) >= 11 is 2.68. The van der Waals surface area contributed by atoms with Gasteiger partial charge >= 0.3 is 11.9 Å². The second-order valence-electron chi connectivity index (χ2n) is 19.1. The minimum Gasteiger partial charge on any atom is -0.462 e. The van der Waals surface area contributed by atoms with Gasteiger partial charge in [0, 0.05) is 46.6 Å². The normalized spacial score (nSPS) is 15.5. The number of aromatic nitrogens is 2. The first kappa shape index (κ1) is 53.5. The number of allylic oxidation sites excluding steroid dienone is 1. The van der Waals surface area contributed by atoms with Gasteiger partial charge in [-0.1, -0.05) is 219 Å². The Kier molecular flexibility index (Phi) is 16.7. The molecule has 0 spiro atoms. The molecule has 4 heterocycles. The van der Waals surface area contributed by atoms with E-state index in [1.54, 1.807) is 36.0 Å². The molecule has 2 aliphatic rings. The van der Waals surface area contributed by atoms with Crippen LogP contribution in [0.2, 0.25) is 0 Å². The van der Waals surface area contributed by atoms with Gasteiger partial charge < -0.3 is 24.9 Å². The fourth-order valence-electron chi connectivity index (χ4n) is 9.77. The maximum atomic E-state index is 15.4. The van der Waals surface area contributed by atoms with E-state index in [4.69, 9.17) is 24.5 Å². The Balaban J connectivity index is 1.03. The summed E-state index contributed by atoms with van der Waals surface area (Å²) in [6, 6.07) is 61.9. The van der Waals surface area contributed by atoms with Gasteiger partial charge in [-0.3, -0.25) is 24.3 Å². The number of nitrogens with one attached hydrogen (secondary N) is 2. The Hall–Kier alpha value is -8.92. The Morgan fingerprint density at radius 1 is 0.696 bits per heavy atom. The minimum absolute atomic E-state index is 0.0254. The van der Waals surface area contributed by atoms with E-state index in [9.17, 15) is 14.4 Å². The number of β-lactam (4-membered cyclic amide) rings is 1. The third-order valence-corrected chi connectivity index (χ3v) is 15.5. The third-order valence-electron chi connectivity index (χ3n) is 13.5. The number of thioether (sulfide) groups is 1. The highest BCUT2D eigenvalue weighted by Gasteiger charge is 2.55. The topological polar surface area (TPSA) is 161 Å². The van der Waals surface area contributed by atoms with Crippen LogP contribution in [0.3, 0.4) is 0 Å². The van der Waals surface area contributed by atoms with Crippen LogP contribution in [0, 0.1) is 5.92 Å². The van der Waals surface area contributed by atoms with Crippen molar-refractivity contribution in [2.24, 2.45) is 11.1 Å². The first-order valence-corrected chi connectivity index (χ1v) is 27.8. The number of thiazole rings is 1. The van der Waals surface area contributed by atoms with Crippen molar-refractivity contribution < 1.29 is 33.5 Å². The smallest absolute Gasteiger partial charge is 0.355 e. The molecule has 1 fully saturated rings. The average Bonchev–Trinajstić information content (AvgIpc) is 4.12. The van der Waals surface area contributed by atoms with E-state index in [1.807, 2.05) is 166 Å². The number of carbonyl (C=O) groups is 4. The average molecular weight is 1090 g/mol. The van der Waals surface area contributed by atoms with E-state index < -0.39 is 46.3 Å². The van der Waals surface area contributed by atoms with E-state index in [0.717, 1.165) is 38.9 Å². The predicted molar refractivity (Wildman–Crippen MR) is 308 cm³/mol. The van der Waals surface area contributed by atoms with Crippen molar-refractivity contribution in [1.82, 2.24) is 20.2 Å². The Morgan fingerprint density at radius 3 is 1.72 bits per heavy atom. The Bertz CT molecular complexity index is 3280. The molecule has 2 amide bonds. The van der Waals surface area contributed by atoms with Crippen molar-refractivity contribution in [3.8, 4) is 0 Å². The molecule has 2 atom stereocenters. The van der Waals surface area contributed by atoms with Crippen molar-refractivity contribution in [2.75, 3.05) is 24.3 Å². The van der Waals surface area contributed by atoms with Crippen molar-refractivity contribution in [3.05, 3.63) is 274 Å². The summed E-state index contributed by atoms with van der Waals surface area (Å²) in [6.45, 7) is 3.43. The van der Waals surface area contributed by atoms with Crippen LogP contribution in [0.25, 0.3) is 6.08 Å². The summed E-state index contributed by atoms with van der Waals surface area (Å²) in [6.07, 6.45) is 7.13. The van der Waals surface area contributed by atoms with Gasteiger partial charge in [-0.15, -0.1) is 23.1 Å². The van der Waals surface area contributed by atoms with Gasteiger partial charge in [0.1, 0.15) is 41.6 Å². The molecule has 2 aromatic heterocycles. The summed E-state index contributed by atoms with van der Waals surface area (Å²) in [5.74, 6) is -2.07. The number of esters is 2. The van der Waals surface area contributed by atoms with E-state index in [2.05, 4.69) is 52.0 Å². The SMILES string of the molecule is CC(C)CC(=O)OCCOC(=O)C1=C(/C=C\c2cccnc2)CS[C@H]2[C@H](NC(=O)C(=NOC(c3ccccc3)(c3ccccc3)c3ccccc3)c3csc(NC(c4ccccc4)(c4ccccc4)c4ccccc4)n3)C(=O)N12. The fourth-order valence-corrected chi connectivity index (χ4v) is 11.8. The van der Waals surface area contributed by atoms with E-state index in [0.29, 0.717) is 10.7 Å². The summed E-state index contributed by atoms with van der Waals surface area (Å²) in [5, 5.41) is 13.2. The number of hydrogen-bond donors (Lipinski definition) is 2. The number of pyridine rings is 1. The second kappa shape index (κ2) is 24.6. The second-order valence-corrected chi connectivity index (χ2v) is 21.1. The lowest BCUT2D eigenvalue weighted by atomic mass is 9.77. The van der Waals surface area contributed by atoms with Gasteiger partial charge in [0.05, 0.1) is 0 Å². The lowest BCUT2D eigenvalue weighted by molar-refractivity contribution is -0.155. The van der Waals surface area contributed by atoms with Crippen LogP contribution in [0.1, 0.15) is 64.9 Å². The molecule has 0 saturated carbocycles. The molecule has 0 bridgehead atoms. The van der Waals surface area contributed by atoms with Crippen LogP contribution < -0.4 is 10.6 Å². The zero-order valence-electron chi connectivity index (χ0n) is 43.4. The van der Waals surface area contributed by atoms with Crippen LogP contribution in [0.5, 0.6) is 0 Å². The third kappa shape index (κ3) is 11.5. The summed E-state index contributed by atoms with van der Waals surface area (Å²) < 4.78 is 11.0. The highest BCUT2D eigenvalue weighted by Crippen LogP contribution is 2.44. The molecule has 8 aromatic rings. The van der Waals surface area contributed by atoms with Crippen molar-refractivity contribution >= 4 is 63.8 Å². The molecular formula is C64H56N6O7S2. The Morgan fingerprint density at radius 2 is 1.22 bits per heavy atom. The predicted octanol–water partition coefficient (Wildman–Crippen LogP) is 11.2. The zero-order valence-corrected chi connectivity index (χ0v) is 45.0. The lowest BCUT2D eigenvalue weighted by Gasteiger charge is -2.49. The lowest BCUT2D eigenvalue weighted by Crippen LogP contribution is -2.71. The molecule has 396 valence electrons. The largest absolute Gasteiger partial charge is 0.462 e. The number of rotatable bonds is 21. The highest BCUT2D eigenvalue weighted by molar-refractivity contribution is 8.00. The molecule has 13 nitrogen and oxygen atoms in total. The molecule has 2 aliphatic heterocycles. The van der Waals surface area contributed by atoms with Gasteiger partial charge in [-0.05, 0) is 39.8 Å². The van der Waals surface area contributed by atoms with E-state index in [1.165, 1.54) is 28.0 Å². The number of carbonyl (C=O) groups excluding carboxylic acids is 4. The molecule has 1 saturated heterocycles. The maximum absolute atomic E-state index is 15.4. The number of hydrogen-bond acceptors (Lipinski definition) is 13. The first-order chi connectivity index (χ1) is 38.7. The standard InChI is InChI=1S/C64H56N6O7S2/c1-44(2)40-54(71)75-38-39-76-61(74)57-46(36-35-45-22-21-37-65-41-45)42-78-60-56(59(73)70(57)60)67-58(72)55(69-77-64(50-29-15-6-16-30-50,51-31-17-7-18-32-51)52-33-19-8-20-34-52)53-43-79-62(66-53)68-63(47-23-9-3-10-24-47,48-25-11-4-12-26-48)49-27-13-5-14-28-49/h3-37,41,43-44,56,60H,38-40,42H2,1-2H3,(H,66,68)(H,67,72)/b36-35-,69-55?/t56-,60+/m1/s1. The molecule has 10 rings (SSSR count). The molecule has 6 aromatic carbocycles. The van der Waals surface area contributed by atoms with Gasteiger partial charge in [0.15, 0.2) is 10.8 Å². The molecular weight excluding hydrogens is 1030 g/mol. The minimum atomic E-state index is -1.38. The molecule has 79 heavy (non-hydrogen) atoms. The van der Waals surface area contributed by atoms with Crippen molar-refractivity contribution in [2.45, 2.75) is 42.8 Å². The molecule has 2 N–H and O–H groups in total. The number of amides is 2. The maximum Gasteiger partial charge on any atom is 0.355 e. The number of fused-ring (bicyclic) bond motifs is 1. The van der Waals surface area contributed by atoms with Crippen LogP contribution in [0.15, 0.2) is 234 Å². The van der Waals surface area contributed by atoms with Crippen LogP contribution >= 0.6 is 23.1 Å². The Labute approximate surface area is 467 Å². The molecule has 0 unspecified atom stereocenters. The van der Waals surface area contributed by atoms with Crippen LogP contribution in [0.4, 0.5) is 5.13 Å². The summed E-state index contributed by atoms with van der Waals surface area (Å²) in [4.78, 5) is 74.1. The van der Waals surface area contributed by atoms with Gasteiger partial charge in [-0.2, -0.15) is 0 Å². The number of nitrogens with zero attached hydrogens (tertiary/aromatic N) is 4. The molecule has 0 radical (unpaired) electrons. The molecule has 0 aliphatic carbocycles. The summed E-state index contributed by atoms with van der Waals surface area (Å²) in [5.41, 5.74) is 4.06. The number of oxime groups is 1. The zero-order chi connectivity index (χ0) is 54.6. The molecule has 15 heteroatoms. The number of benzene rings is 6. The fraction of sp³-hybridized carbons (Fsp3) is 0.172. The quantitative estimate of drug-likeness (QED) is 0.0176. The first-order valence-electron chi connectivity index (χ1n) is 25.9. The van der Waals surface area contributed by atoms with E-state index in [-0.39, 0.29) is 48.4 Å². The van der Waals surface area contributed by atoms with Gasteiger partial charge in [0.25, 0.3) is 11.8 Å². The van der Waals surface area contributed by atoms with Gasteiger partial charge in [0.2, 0.25) is 5.60 Å². The number of anilines is 1.